The average Bonchev–Trinajstić information content (AvgIpc) is 2.34. The SMILES string of the molecule is CNC(CN(C)C1CCC1)c1cccc(OC)c1. The van der Waals surface area contributed by atoms with E-state index in [1.54, 1.807) is 7.11 Å². The van der Waals surface area contributed by atoms with E-state index in [4.69, 9.17) is 4.74 Å². The van der Waals surface area contributed by atoms with Crippen molar-refractivity contribution in [3.8, 4) is 5.75 Å². The van der Waals surface area contributed by atoms with Crippen molar-refractivity contribution in [2.75, 3.05) is 27.7 Å². The van der Waals surface area contributed by atoms with Gasteiger partial charge < -0.3 is 15.0 Å². The normalized spacial score (nSPS) is 17.6. The molecule has 3 nitrogen and oxygen atoms in total. The van der Waals surface area contributed by atoms with Crippen LogP contribution in [0.1, 0.15) is 30.9 Å². The summed E-state index contributed by atoms with van der Waals surface area (Å²) < 4.78 is 5.29. The molecule has 3 heteroatoms. The maximum Gasteiger partial charge on any atom is 0.119 e. The van der Waals surface area contributed by atoms with Crippen LogP contribution in [-0.4, -0.2) is 38.7 Å². The van der Waals surface area contributed by atoms with E-state index in [0.29, 0.717) is 6.04 Å². The van der Waals surface area contributed by atoms with Crippen LogP contribution in [0.5, 0.6) is 5.75 Å². The minimum absolute atomic E-state index is 0.366. The summed E-state index contributed by atoms with van der Waals surface area (Å²) in [5, 5.41) is 3.41. The molecule has 1 N–H and O–H groups in total. The maximum atomic E-state index is 5.29. The molecule has 0 amide bonds. The third-order valence-electron chi connectivity index (χ3n) is 4.01. The molecular formula is C15H24N2O. The van der Waals surface area contributed by atoms with Crippen LogP contribution in [0.15, 0.2) is 24.3 Å². The molecule has 18 heavy (non-hydrogen) atoms. The Morgan fingerprint density at radius 2 is 2.22 bits per heavy atom. The number of benzene rings is 1. The number of methoxy groups -OCH3 is 1. The summed E-state index contributed by atoms with van der Waals surface area (Å²) in [6.07, 6.45) is 4.09. The topological polar surface area (TPSA) is 24.5 Å². The quantitative estimate of drug-likeness (QED) is 0.837. The Hall–Kier alpha value is -1.06. The summed E-state index contributed by atoms with van der Waals surface area (Å²) in [5.41, 5.74) is 1.29. The number of rotatable bonds is 6. The molecule has 1 fully saturated rings. The van der Waals surface area contributed by atoms with Crippen LogP contribution in [-0.2, 0) is 0 Å². The second-order valence-electron chi connectivity index (χ2n) is 5.14. The Labute approximate surface area is 110 Å². The largest absolute Gasteiger partial charge is 0.497 e. The Morgan fingerprint density at radius 3 is 2.78 bits per heavy atom. The van der Waals surface area contributed by atoms with Gasteiger partial charge in [-0.25, -0.2) is 0 Å². The Morgan fingerprint density at radius 1 is 1.44 bits per heavy atom. The van der Waals surface area contributed by atoms with E-state index >= 15 is 0 Å². The first-order chi connectivity index (χ1) is 8.74. The van der Waals surface area contributed by atoms with Crippen molar-refractivity contribution < 1.29 is 4.74 Å². The Balaban J connectivity index is 2.02. The number of nitrogens with zero attached hydrogens (tertiary/aromatic N) is 1. The number of hydrogen-bond acceptors (Lipinski definition) is 3. The van der Waals surface area contributed by atoms with Gasteiger partial charge in [-0.1, -0.05) is 18.6 Å². The summed E-state index contributed by atoms with van der Waals surface area (Å²) in [4.78, 5) is 2.48. The predicted octanol–water partition coefficient (Wildman–Crippen LogP) is 2.44. The molecule has 2 rings (SSSR count). The average molecular weight is 248 g/mol. The highest BCUT2D eigenvalue weighted by Gasteiger charge is 2.24. The molecule has 1 aliphatic carbocycles. The molecule has 0 aromatic heterocycles. The molecule has 0 saturated heterocycles. The summed E-state index contributed by atoms with van der Waals surface area (Å²) in [6.45, 7) is 1.05. The molecule has 0 heterocycles. The minimum atomic E-state index is 0.366. The fourth-order valence-corrected chi connectivity index (χ4v) is 2.49. The Kier molecular flexibility index (Phi) is 4.61. The molecule has 1 aliphatic rings. The highest BCUT2D eigenvalue weighted by molar-refractivity contribution is 5.30. The van der Waals surface area contributed by atoms with Crippen molar-refractivity contribution in [1.82, 2.24) is 10.2 Å². The van der Waals surface area contributed by atoms with Gasteiger partial charge in [-0.2, -0.15) is 0 Å². The van der Waals surface area contributed by atoms with Crippen molar-refractivity contribution in [2.45, 2.75) is 31.3 Å². The van der Waals surface area contributed by atoms with Crippen molar-refractivity contribution in [2.24, 2.45) is 0 Å². The minimum Gasteiger partial charge on any atom is -0.497 e. The molecule has 1 atom stereocenters. The standard InChI is InChI=1S/C15H24N2O/c1-16-15(11-17(2)13-7-5-8-13)12-6-4-9-14(10-12)18-3/h4,6,9-10,13,15-16H,5,7-8,11H2,1-3H3. The number of likely N-dealkylation sites (N-methyl/N-ethyl adjacent to an activating group) is 2. The van der Waals surface area contributed by atoms with Crippen LogP contribution in [0, 0.1) is 0 Å². The van der Waals surface area contributed by atoms with Crippen LogP contribution in [0.4, 0.5) is 0 Å². The van der Waals surface area contributed by atoms with Crippen molar-refractivity contribution in [3.05, 3.63) is 29.8 Å². The predicted molar refractivity (Wildman–Crippen MR) is 75.1 cm³/mol. The first-order valence-corrected chi connectivity index (χ1v) is 6.76. The molecule has 0 bridgehead atoms. The lowest BCUT2D eigenvalue weighted by molar-refractivity contribution is 0.146. The van der Waals surface area contributed by atoms with Gasteiger partial charge in [0.1, 0.15) is 5.75 Å². The van der Waals surface area contributed by atoms with Crippen LogP contribution in [0.25, 0.3) is 0 Å². The van der Waals surface area contributed by atoms with Gasteiger partial charge in [0.25, 0.3) is 0 Å². The van der Waals surface area contributed by atoms with E-state index in [9.17, 15) is 0 Å². The van der Waals surface area contributed by atoms with Crippen LogP contribution < -0.4 is 10.1 Å². The Bertz CT molecular complexity index is 377. The molecule has 1 aromatic rings. The van der Waals surface area contributed by atoms with E-state index < -0.39 is 0 Å². The van der Waals surface area contributed by atoms with Crippen molar-refractivity contribution >= 4 is 0 Å². The van der Waals surface area contributed by atoms with E-state index in [2.05, 4.69) is 35.5 Å². The van der Waals surface area contributed by atoms with E-state index in [0.717, 1.165) is 18.3 Å². The van der Waals surface area contributed by atoms with Crippen LogP contribution in [0.2, 0.25) is 0 Å². The van der Waals surface area contributed by atoms with Crippen molar-refractivity contribution in [1.29, 1.82) is 0 Å². The first kappa shape index (κ1) is 13.4. The third kappa shape index (κ3) is 3.03. The van der Waals surface area contributed by atoms with Gasteiger partial charge in [0.15, 0.2) is 0 Å². The molecule has 0 aliphatic heterocycles. The second-order valence-corrected chi connectivity index (χ2v) is 5.14. The smallest absolute Gasteiger partial charge is 0.119 e. The molecule has 0 radical (unpaired) electrons. The van der Waals surface area contributed by atoms with Crippen LogP contribution >= 0.6 is 0 Å². The first-order valence-electron chi connectivity index (χ1n) is 6.76. The number of hydrogen-bond donors (Lipinski definition) is 1. The lowest BCUT2D eigenvalue weighted by atomic mass is 9.91. The van der Waals surface area contributed by atoms with Gasteiger partial charge in [-0.15, -0.1) is 0 Å². The van der Waals surface area contributed by atoms with Crippen molar-refractivity contribution in [3.63, 3.8) is 0 Å². The van der Waals surface area contributed by atoms with Gasteiger partial charge in [-0.3, -0.25) is 0 Å². The molecular weight excluding hydrogens is 224 g/mol. The van der Waals surface area contributed by atoms with Gasteiger partial charge in [-0.05, 0) is 44.6 Å². The fourth-order valence-electron chi connectivity index (χ4n) is 2.49. The molecule has 0 spiro atoms. The van der Waals surface area contributed by atoms with E-state index in [1.807, 2.05) is 13.1 Å². The molecule has 1 aromatic carbocycles. The highest BCUT2D eigenvalue weighted by Crippen LogP contribution is 2.26. The van der Waals surface area contributed by atoms with Gasteiger partial charge >= 0.3 is 0 Å². The lowest BCUT2D eigenvalue weighted by Crippen LogP contribution is -2.41. The maximum absolute atomic E-state index is 5.29. The van der Waals surface area contributed by atoms with E-state index in [1.165, 1.54) is 24.8 Å². The summed E-state index contributed by atoms with van der Waals surface area (Å²) in [5.74, 6) is 0.930. The lowest BCUT2D eigenvalue weighted by Gasteiger charge is -2.36. The monoisotopic (exact) mass is 248 g/mol. The number of ether oxygens (including phenoxy) is 1. The van der Waals surface area contributed by atoms with Crippen LogP contribution in [0.3, 0.4) is 0 Å². The zero-order valence-corrected chi connectivity index (χ0v) is 11.6. The van der Waals surface area contributed by atoms with Gasteiger partial charge in [0.2, 0.25) is 0 Å². The zero-order valence-electron chi connectivity index (χ0n) is 11.6. The van der Waals surface area contributed by atoms with E-state index in [-0.39, 0.29) is 0 Å². The summed E-state index contributed by atoms with van der Waals surface area (Å²) in [6, 6.07) is 9.49. The summed E-state index contributed by atoms with van der Waals surface area (Å²) >= 11 is 0. The number of nitrogens with one attached hydrogen (secondary N) is 1. The molecule has 1 saturated carbocycles. The fraction of sp³-hybridized carbons (Fsp3) is 0.600. The zero-order chi connectivity index (χ0) is 13.0. The third-order valence-corrected chi connectivity index (χ3v) is 4.01. The summed E-state index contributed by atoms with van der Waals surface area (Å²) in [7, 11) is 5.97. The van der Waals surface area contributed by atoms with Gasteiger partial charge in [0.05, 0.1) is 7.11 Å². The highest BCUT2D eigenvalue weighted by atomic mass is 16.5. The second kappa shape index (κ2) is 6.21. The molecule has 100 valence electrons. The van der Waals surface area contributed by atoms with Gasteiger partial charge in [0, 0.05) is 18.6 Å². The molecule has 1 unspecified atom stereocenters.